The average Bonchev–Trinajstić information content (AvgIpc) is 2.67. The predicted octanol–water partition coefficient (Wildman–Crippen LogP) is 6.12. The van der Waals surface area contributed by atoms with E-state index in [4.69, 9.17) is 0 Å². The van der Waals surface area contributed by atoms with E-state index in [1.807, 2.05) is 51.2 Å². The Morgan fingerprint density at radius 2 is 1.78 bits per heavy atom. The zero-order valence-corrected chi connectivity index (χ0v) is 16.5. The van der Waals surface area contributed by atoms with Crippen LogP contribution < -0.4 is 5.32 Å². The molecule has 0 aromatic rings. The van der Waals surface area contributed by atoms with Crippen LogP contribution in [0.25, 0.3) is 0 Å². The molecule has 0 bridgehead atoms. The molecule has 4 heteroatoms. The molecule has 0 aromatic heterocycles. The van der Waals surface area contributed by atoms with Gasteiger partial charge in [-0.15, -0.1) is 0 Å². The standard InChI is InChI=1S/C23H30F2N2/c1-7-18(3)9-11-20(5)21(8-2)12-10-19(4)17-27-16-14-23(25)22(24)13-15-26-6/h7-16,22-23,27H,2,5-6,17H2,1,3-4H3/b11-9-,15-13+,16-14+,18-7-,19-10+,21-12+. The molecule has 2 atom stereocenters. The van der Waals surface area contributed by atoms with E-state index in [-0.39, 0.29) is 0 Å². The van der Waals surface area contributed by atoms with Crippen molar-refractivity contribution in [2.45, 2.75) is 33.1 Å². The van der Waals surface area contributed by atoms with Gasteiger partial charge in [-0.05, 0) is 57.0 Å². The first-order valence-corrected chi connectivity index (χ1v) is 8.66. The molecule has 0 amide bonds. The van der Waals surface area contributed by atoms with Crippen LogP contribution in [-0.2, 0) is 0 Å². The smallest absolute Gasteiger partial charge is 0.155 e. The highest BCUT2D eigenvalue weighted by atomic mass is 19.2. The first kappa shape index (κ1) is 24.2. The fraction of sp³-hybridized carbons (Fsp3) is 0.261. The molecule has 0 aliphatic rings. The van der Waals surface area contributed by atoms with Crippen molar-refractivity contribution in [2.75, 3.05) is 6.54 Å². The van der Waals surface area contributed by atoms with Crippen LogP contribution in [0.5, 0.6) is 0 Å². The molecular weight excluding hydrogens is 342 g/mol. The summed E-state index contributed by atoms with van der Waals surface area (Å²) in [6.45, 7) is 17.5. The molecule has 0 saturated carbocycles. The highest BCUT2D eigenvalue weighted by Crippen LogP contribution is 2.13. The highest BCUT2D eigenvalue weighted by molar-refractivity contribution is 5.47. The topological polar surface area (TPSA) is 24.4 Å². The van der Waals surface area contributed by atoms with Gasteiger partial charge in [0.15, 0.2) is 12.3 Å². The molecule has 1 N–H and O–H groups in total. The average molecular weight is 373 g/mol. The Bertz CT molecular complexity index is 676. The third-order valence-corrected chi connectivity index (χ3v) is 3.60. The summed E-state index contributed by atoms with van der Waals surface area (Å²) in [6.07, 6.45) is 12.8. The molecule has 27 heavy (non-hydrogen) atoms. The molecule has 0 fully saturated rings. The Hall–Kier alpha value is -2.75. The van der Waals surface area contributed by atoms with Gasteiger partial charge in [0, 0.05) is 12.7 Å². The van der Waals surface area contributed by atoms with E-state index in [0.717, 1.165) is 40.6 Å². The summed E-state index contributed by atoms with van der Waals surface area (Å²) in [5.74, 6) is 0. The van der Waals surface area contributed by atoms with Crippen LogP contribution in [0.1, 0.15) is 20.8 Å². The van der Waals surface area contributed by atoms with Crippen LogP contribution >= 0.6 is 0 Å². The number of nitrogens with zero attached hydrogens (tertiary/aromatic N) is 1. The molecule has 2 nitrogen and oxygen atoms in total. The van der Waals surface area contributed by atoms with Crippen LogP contribution in [-0.4, -0.2) is 25.6 Å². The van der Waals surface area contributed by atoms with E-state index in [1.54, 1.807) is 6.08 Å². The molecule has 0 spiro atoms. The number of aliphatic imine (C=N–C) groups is 1. The molecule has 146 valence electrons. The lowest BCUT2D eigenvalue weighted by Gasteiger charge is -2.05. The highest BCUT2D eigenvalue weighted by Gasteiger charge is 2.13. The number of halogens is 2. The van der Waals surface area contributed by atoms with Gasteiger partial charge in [0.05, 0.1) is 0 Å². The molecule has 2 unspecified atom stereocenters. The molecule has 0 aliphatic carbocycles. The summed E-state index contributed by atoms with van der Waals surface area (Å²) >= 11 is 0. The fourth-order valence-electron chi connectivity index (χ4n) is 1.76. The van der Waals surface area contributed by atoms with E-state index in [1.165, 1.54) is 6.20 Å². The number of alkyl halides is 2. The Balaban J connectivity index is 4.69. The Morgan fingerprint density at radius 1 is 1.11 bits per heavy atom. The summed E-state index contributed by atoms with van der Waals surface area (Å²) in [5.41, 5.74) is 3.94. The van der Waals surface area contributed by atoms with Gasteiger partial charge >= 0.3 is 0 Å². The third kappa shape index (κ3) is 11.5. The van der Waals surface area contributed by atoms with Gasteiger partial charge in [0.25, 0.3) is 0 Å². The molecular formula is C23H30F2N2. The quantitative estimate of drug-likeness (QED) is 0.324. The molecule has 0 heterocycles. The summed E-state index contributed by atoms with van der Waals surface area (Å²) in [6, 6.07) is 0. The van der Waals surface area contributed by atoms with E-state index >= 15 is 0 Å². The molecule has 0 aromatic carbocycles. The van der Waals surface area contributed by atoms with E-state index in [9.17, 15) is 8.78 Å². The largest absolute Gasteiger partial charge is 0.387 e. The van der Waals surface area contributed by atoms with Gasteiger partial charge in [0.1, 0.15) is 0 Å². The predicted molar refractivity (Wildman–Crippen MR) is 115 cm³/mol. The van der Waals surface area contributed by atoms with Crippen molar-refractivity contribution in [3.05, 3.63) is 96.5 Å². The van der Waals surface area contributed by atoms with Gasteiger partial charge in [-0.2, -0.15) is 0 Å². The minimum Gasteiger partial charge on any atom is -0.387 e. The Kier molecular flexibility index (Phi) is 13.0. The maximum atomic E-state index is 13.5. The van der Waals surface area contributed by atoms with Crippen LogP contribution in [0.3, 0.4) is 0 Å². The molecule has 0 saturated heterocycles. The fourth-order valence-corrected chi connectivity index (χ4v) is 1.76. The van der Waals surface area contributed by atoms with Crippen LogP contribution in [0.15, 0.2) is 101 Å². The van der Waals surface area contributed by atoms with Crippen molar-refractivity contribution >= 4 is 6.72 Å². The Morgan fingerprint density at radius 3 is 2.37 bits per heavy atom. The van der Waals surface area contributed by atoms with Crippen molar-refractivity contribution in [2.24, 2.45) is 4.99 Å². The van der Waals surface area contributed by atoms with Gasteiger partial charge in [0.2, 0.25) is 0 Å². The maximum absolute atomic E-state index is 13.5. The summed E-state index contributed by atoms with van der Waals surface area (Å²) < 4.78 is 26.9. The van der Waals surface area contributed by atoms with E-state index in [2.05, 4.69) is 30.2 Å². The summed E-state index contributed by atoms with van der Waals surface area (Å²) in [5, 5.41) is 2.93. The second kappa shape index (κ2) is 14.4. The monoisotopic (exact) mass is 372 g/mol. The van der Waals surface area contributed by atoms with Gasteiger partial charge in [-0.3, -0.25) is 4.99 Å². The number of hydrogen-bond acceptors (Lipinski definition) is 2. The maximum Gasteiger partial charge on any atom is 0.155 e. The Labute approximate surface area is 162 Å². The van der Waals surface area contributed by atoms with Crippen molar-refractivity contribution < 1.29 is 8.78 Å². The van der Waals surface area contributed by atoms with Crippen LogP contribution in [0.4, 0.5) is 8.78 Å². The first-order chi connectivity index (χ1) is 12.8. The normalized spacial score (nSPS) is 16.1. The van der Waals surface area contributed by atoms with Crippen molar-refractivity contribution in [3.63, 3.8) is 0 Å². The van der Waals surface area contributed by atoms with Gasteiger partial charge in [-0.1, -0.05) is 60.8 Å². The minimum atomic E-state index is -1.74. The van der Waals surface area contributed by atoms with Gasteiger partial charge in [-0.25, -0.2) is 8.78 Å². The van der Waals surface area contributed by atoms with Crippen molar-refractivity contribution in [1.29, 1.82) is 0 Å². The lowest BCUT2D eigenvalue weighted by molar-refractivity contribution is 0.247. The molecule has 0 aliphatic heterocycles. The minimum absolute atomic E-state index is 0.505. The number of allylic oxidation sites excluding steroid dienone is 11. The summed E-state index contributed by atoms with van der Waals surface area (Å²) in [7, 11) is 0. The number of rotatable bonds is 12. The summed E-state index contributed by atoms with van der Waals surface area (Å²) in [4.78, 5) is 3.35. The van der Waals surface area contributed by atoms with Crippen molar-refractivity contribution in [1.82, 2.24) is 5.32 Å². The van der Waals surface area contributed by atoms with Crippen LogP contribution in [0, 0.1) is 0 Å². The molecule has 0 rings (SSSR count). The molecule has 0 radical (unpaired) electrons. The lowest BCUT2D eigenvalue weighted by atomic mass is 10.1. The first-order valence-electron chi connectivity index (χ1n) is 8.66. The number of hydrogen-bond donors (Lipinski definition) is 1. The van der Waals surface area contributed by atoms with E-state index in [0.29, 0.717) is 6.54 Å². The zero-order chi connectivity index (χ0) is 20.7. The second-order valence-electron chi connectivity index (χ2n) is 5.88. The van der Waals surface area contributed by atoms with Crippen molar-refractivity contribution in [3.8, 4) is 0 Å². The zero-order valence-electron chi connectivity index (χ0n) is 16.5. The SMILES string of the molecule is C=C/C(=C\C=C(/C)CN/C=C/C(F)C(F)/C=C/N=C)C(=C)/C=C\C(C)=C/C. The van der Waals surface area contributed by atoms with Gasteiger partial charge < -0.3 is 5.32 Å². The van der Waals surface area contributed by atoms with E-state index < -0.39 is 12.3 Å². The lowest BCUT2D eigenvalue weighted by Crippen LogP contribution is -2.14. The second-order valence-corrected chi connectivity index (χ2v) is 5.88. The number of nitrogens with one attached hydrogen (secondary N) is 1. The third-order valence-electron chi connectivity index (χ3n) is 3.60. The van der Waals surface area contributed by atoms with Crippen LogP contribution in [0.2, 0.25) is 0 Å².